The molecule has 1 unspecified atom stereocenters. The number of anilines is 1. The standard InChI is InChI=1S/C19H21ClN2O2/c1-14-6-8-15(9-7-14)21-19(23)18(22-10-12-24-13-11-22)16-4-2-3-5-17(16)20/h2-9,18H,10-13H2,1H3,(H,21,23). The molecule has 1 heterocycles. The Bertz CT molecular complexity index is 697. The van der Waals surface area contributed by atoms with Crippen LogP contribution in [0.15, 0.2) is 48.5 Å². The summed E-state index contributed by atoms with van der Waals surface area (Å²) in [6.45, 7) is 4.68. The van der Waals surface area contributed by atoms with Gasteiger partial charge in [0.15, 0.2) is 0 Å². The van der Waals surface area contributed by atoms with E-state index in [0.29, 0.717) is 31.3 Å². The van der Waals surface area contributed by atoms with Gasteiger partial charge in [-0.2, -0.15) is 0 Å². The number of carbonyl (C=O) groups excluding carboxylic acids is 1. The van der Waals surface area contributed by atoms with Crippen molar-refractivity contribution in [2.24, 2.45) is 0 Å². The highest BCUT2D eigenvalue weighted by Crippen LogP contribution is 2.29. The highest BCUT2D eigenvalue weighted by atomic mass is 35.5. The average molecular weight is 345 g/mol. The lowest BCUT2D eigenvalue weighted by Gasteiger charge is -2.34. The third kappa shape index (κ3) is 3.96. The molecule has 2 aromatic carbocycles. The van der Waals surface area contributed by atoms with Gasteiger partial charge in [0.05, 0.1) is 13.2 Å². The number of hydrogen-bond donors (Lipinski definition) is 1. The Labute approximate surface area is 147 Å². The van der Waals surface area contributed by atoms with Gasteiger partial charge in [0, 0.05) is 23.8 Å². The summed E-state index contributed by atoms with van der Waals surface area (Å²) in [4.78, 5) is 15.1. The minimum absolute atomic E-state index is 0.0751. The van der Waals surface area contributed by atoms with Crippen LogP contribution in [0, 0.1) is 6.92 Å². The van der Waals surface area contributed by atoms with E-state index in [-0.39, 0.29) is 5.91 Å². The molecule has 0 spiro atoms. The first-order valence-corrected chi connectivity index (χ1v) is 8.47. The van der Waals surface area contributed by atoms with E-state index >= 15 is 0 Å². The average Bonchev–Trinajstić information content (AvgIpc) is 2.60. The molecule has 126 valence electrons. The molecule has 0 aromatic heterocycles. The van der Waals surface area contributed by atoms with Crippen LogP contribution in [0.3, 0.4) is 0 Å². The molecule has 1 N–H and O–H groups in total. The van der Waals surface area contributed by atoms with Gasteiger partial charge in [-0.1, -0.05) is 47.5 Å². The van der Waals surface area contributed by atoms with E-state index in [1.807, 2.05) is 55.5 Å². The summed E-state index contributed by atoms with van der Waals surface area (Å²) in [6.07, 6.45) is 0. The van der Waals surface area contributed by atoms with Crippen molar-refractivity contribution in [3.63, 3.8) is 0 Å². The van der Waals surface area contributed by atoms with Crippen LogP contribution in [0.1, 0.15) is 17.2 Å². The molecule has 1 amide bonds. The Kier molecular flexibility index (Phi) is 5.51. The van der Waals surface area contributed by atoms with E-state index in [2.05, 4.69) is 10.2 Å². The zero-order chi connectivity index (χ0) is 16.9. The number of nitrogens with zero attached hydrogens (tertiary/aromatic N) is 1. The first kappa shape index (κ1) is 17.0. The quantitative estimate of drug-likeness (QED) is 0.920. The maximum atomic E-state index is 13.0. The second kappa shape index (κ2) is 7.79. The monoisotopic (exact) mass is 344 g/mol. The zero-order valence-electron chi connectivity index (χ0n) is 13.7. The number of benzene rings is 2. The van der Waals surface area contributed by atoms with E-state index < -0.39 is 6.04 Å². The molecule has 0 bridgehead atoms. The molecule has 3 rings (SSSR count). The number of hydrogen-bond acceptors (Lipinski definition) is 3. The molecule has 1 saturated heterocycles. The van der Waals surface area contributed by atoms with E-state index in [1.54, 1.807) is 0 Å². The van der Waals surface area contributed by atoms with Crippen molar-refractivity contribution in [2.75, 3.05) is 31.6 Å². The number of rotatable bonds is 4. The van der Waals surface area contributed by atoms with E-state index in [4.69, 9.17) is 16.3 Å². The molecule has 2 aromatic rings. The minimum Gasteiger partial charge on any atom is -0.379 e. The van der Waals surface area contributed by atoms with Crippen molar-refractivity contribution in [3.05, 3.63) is 64.7 Å². The van der Waals surface area contributed by atoms with Gasteiger partial charge in [-0.25, -0.2) is 0 Å². The summed E-state index contributed by atoms with van der Waals surface area (Å²) in [5.74, 6) is -0.0751. The fraction of sp³-hybridized carbons (Fsp3) is 0.316. The van der Waals surface area contributed by atoms with Crippen LogP contribution in [-0.4, -0.2) is 37.1 Å². The third-order valence-corrected chi connectivity index (χ3v) is 4.52. The van der Waals surface area contributed by atoms with Crippen molar-refractivity contribution in [1.82, 2.24) is 4.90 Å². The third-order valence-electron chi connectivity index (χ3n) is 4.18. The van der Waals surface area contributed by atoms with Gasteiger partial charge in [0.1, 0.15) is 6.04 Å². The van der Waals surface area contributed by atoms with Crippen molar-refractivity contribution < 1.29 is 9.53 Å². The van der Waals surface area contributed by atoms with Crippen LogP contribution < -0.4 is 5.32 Å². The number of carbonyl (C=O) groups is 1. The van der Waals surface area contributed by atoms with Gasteiger partial charge >= 0.3 is 0 Å². The van der Waals surface area contributed by atoms with Gasteiger partial charge in [-0.15, -0.1) is 0 Å². The fourth-order valence-corrected chi connectivity index (χ4v) is 3.12. The van der Waals surface area contributed by atoms with Crippen molar-refractivity contribution in [2.45, 2.75) is 13.0 Å². The molecule has 0 aliphatic carbocycles. The molecule has 1 aliphatic heterocycles. The highest BCUT2D eigenvalue weighted by Gasteiger charge is 2.30. The molecule has 24 heavy (non-hydrogen) atoms. The first-order valence-electron chi connectivity index (χ1n) is 8.09. The second-order valence-corrected chi connectivity index (χ2v) is 6.33. The zero-order valence-corrected chi connectivity index (χ0v) is 14.4. The van der Waals surface area contributed by atoms with Crippen LogP contribution in [0.4, 0.5) is 5.69 Å². The summed E-state index contributed by atoms with van der Waals surface area (Å²) >= 11 is 6.37. The summed E-state index contributed by atoms with van der Waals surface area (Å²) in [5, 5.41) is 3.62. The molecular weight excluding hydrogens is 324 g/mol. The number of halogens is 1. The summed E-state index contributed by atoms with van der Waals surface area (Å²) in [7, 11) is 0. The summed E-state index contributed by atoms with van der Waals surface area (Å²) < 4.78 is 5.42. The predicted molar refractivity (Wildman–Crippen MR) is 96.4 cm³/mol. The Morgan fingerprint density at radius 3 is 2.46 bits per heavy atom. The molecule has 1 aliphatic rings. The van der Waals surface area contributed by atoms with Gasteiger partial charge < -0.3 is 10.1 Å². The van der Waals surface area contributed by atoms with Crippen LogP contribution in [0.5, 0.6) is 0 Å². The Morgan fingerprint density at radius 2 is 1.79 bits per heavy atom. The van der Waals surface area contributed by atoms with Crippen LogP contribution >= 0.6 is 11.6 Å². The van der Waals surface area contributed by atoms with E-state index in [9.17, 15) is 4.79 Å². The van der Waals surface area contributed by atoms with Gasteiger partial charge in [0.2, 0.25) is 5.91 Å². The van der Waals surface area contributed by atoms with Crippen LogP contribution in [0.2, 0.25) is 5.02 Å². The lowest BCUT2D eigenvalue weighted by molar-refractivity contribution is -0.123. The lowest BCUT2D eigenvalue weighted by Crippen LogP contribution is -2.44. The number of aryl methyl sites for hydroxylation is 1. The Morgan fingerprint density at radius 1 is 1.12 bits per heavy atom. The predicted octanol–water partition coefficient (Wildman–Crippen LogP) is 3.66. The topological polar surface area (TPSA) is 41.6 Å². The number of morpholine rings is 1. The van der Waals surface area contributed by atoms with E-state index in [1.165, 1.54) is 0 Å². The molecule has 5 heteroatoms. The number of amides is 1. The Balaban J connectivity index is 1.87. The van der Waals surface area contributed by atoms with Crippen LogP contribution in [-0.2, 0) is 9.53 Å². The van der Waals surface area contributed by atoms with Gasteiger partial charge in [-0.05, 0) is 30.7 Å². The van der Waals surface area contributed by atoms with E-state index in [0.717, 1.165) is 16.8 Å². The smallest absolute Gasteiger partial charge is 0.246 e. The fourth-order valence-electron chi connectivity index (χ4n) is 2.88. The lowest BCUT2D eigenvalue weighted by atomic mass is 10.0. The van der Waals surface area contributed by atoms with Crippen molar-refractivity contribution >= 4 is 23.2 Å². The number of ether oxygens (including phenoxy) is 1. The summed E-state index contributed by atoms with van der Waals surface area (Å²) in [5.41, 5.74) is 2.77. The first-order chi connectivity index (χ1) is 11.6. The molecular formula is C19H21ClN2O2. The second-order valence-electron chi connectivity index (χ2n) is 5.93. The molecule has 1 atom stereocenters. The van der Waals surface area contributed by atoms with Crippen molar-refractivity contribution in [1.29, 1.82) is 0 Å². The molecule has 1 fully saturated rings. The normalized spacial score (nSPS) is 16.6. The SMILES string of the molecule is Cc1ccc(NC(=O)C(c2ccccc2Cl)N2CCOCC2)cc1. The maximum Gasteiger partial charge on any atom is 0.246 e. The highest BCUT2D eigenvalue weighted by molar-refractivity contribution is 6.31. The molecule has 0 saturated carbocycles. The van der Waals surface area contributed by atoms with Crippen molar-refractivity contribution in [3.8, 4) is 0 Å². The molecule has 4 nitrogen and oxygen atoms in total. The van der Waals surface area contributed by atoms with Crippen LogP contribution in [0.25, 0.3) is 0 Å². The minimum atomic E-state index is -0.427. The molecule has 0 radical (unpaired) electrons. The summed E-state index contributed by atoms with van der Waals surface area (Å²) in [6, 6.07) is 14.9. The van der Waals surface area contributed by atoms with Gasteiger partial charge in [-0.3, -0.25) is 9.69 Å². The maximum absolute atomic E-state index is 13.0. The Hall–Kier alpha value is -1.88. The number of nitrogens with one attached hydrogen (secondary N) is 1. The largest absolute Gasteiger partial charge is 0.379 e. The van der Waals surface area contributed by atoms with Gasteiger partial charge in [0.25, 0.3) is 0 Å².